The first kappa shape index (κ1) is 22.1. The summed E-state index contributed by atoms with van der Waals surface area (Å²) in [5, 5.41) is 6.97. The quantitative estimate of drug-likeness (QED) is 0.489. The van der Waals surface area contributed by atoms with Gasteiger partial charge in [-0.3, -0.25) is 14.8 Å². The number of guanidine groups is 1. The molecule has 1 aromatic carbocycles. The van der Waals surface area contributed by atoms with Crippen LogP contribution in [0.1, 0.15) is 32.3 Å². The molecular weight excluding hydrogens is 360 g/mol. The van der Waals surface area contributed by atoms with E-state index in [0.29, 0.717) is 6.04 Å². The maximum atomic E-state index is 4.92. The number of rotatable bonds is 9. The Morgan fingerprint density at radius 1 is 1.00 bits per heavy atom. The standard InChI is InChI=1S/C23H40N6/c1-3-24-23(25-12-14-28-17-15-27(4-2)16-18-28)26-19-22-11-8-13-29(22)20-21-9-6-5-7-10-21/h5-7,9-10,22H,3-4,8,11-20H2,1-2H3,(H2,24,25,26). The number of likely N-dealkylation sites (tertiary alicyclic amines) is 1. The van der Waals surface area contributed by atoms with Crippen LogP contribution in [0.4, 0.5) is 0 Å². The Labute approximate surface area is 177 Å². The molecule has 0 bridgehead atoms. The molecule has 29 heavy (non-hydrogen) atoms. The monoisotopic (exact) mass is 400 g/mol. The summed E-state index contributed by atoms with van der Waals surface area (Å²) in [6.07, 6.45) is 2.53. The van der Waals surface area contributed by atoms with E-state index >= 15 is 0 Å². The highest BCUT2D eigenvalue weighted by atomic mass is 15.3. The molecule has 2 heterocycles. The van der Waals surface area contributed by atoms with Crippen molar-refractivity contribution in [3.8, 4) is 0 Å². The number of likely N-dealkylation sites (N-methyl/N-ethyl adjacent to an activating group) is 1. The topological polar surface area (TPSA) is 46.1 Å². The van der Waals surface area contributed by atoms with Gasteiger partial charge in [-0.25, -0.2) is 0 Å². The number of nitrogens with zero attached hydrogens (tertiary/aromatic N) is 4. The third-order valence-electron chi connectivity index (χ3n) is 6.16. The van der Waals surface area contributed by atoms with Crippen LogP contribution in [-0.2, 0) is 6.54 Å². The summed E-state index contributed by atoms with van der Waals surface area (Å²) in [7, 11) is 0. The molecule has 1 aromatic rings. The average molecular weight is 401 g/mol. The van der Waals surface area contributed by atoms with Crippen LogP contribution in [0.5, 0.6) is 0 Å². The van der Waals surface area contributed by atoms with E-state index in [1.807, 2.05) is 0 Å². The van der Waals surface area contributed by atoms with Crippen molar-refractivity contribution >= 4 is 5.96 Å². The highest BCUT2D eigenvalue weighted by Crippen LogP contribution is 2.20. The zero-order valence-corrected chi connectivity index (χ0v) is 18.4. The maximum Gasteiger partial charge on any atom is 0.191 e. The fraction of sp³-hybridized carbons (Fsp3) is 0.696. The molecule has 2 aliphatic rings. The fourth-order valence-corrected chi connectivity index (χ4v) is 4.33. The van der Waals surface area contributed by atoms with Crippen molar-refractivity contribution in [2.75, 3.05) is 65.4 Å². The Bertz CT molecular complexity index is 597. The van der Waals surface area contributed by atoms with Crippen LogP contribution in [0.25, 0.3) is 0 Å². The second-order valence-corrected chi connectivity index (χ2v) is 8.17. The van der Waals surface area contributed by atoms with E-state index in [9.17, 15) is 0 Å². The lowest BCUT2D eigenvalue weighted by Gasteiger charge is -2.34. The van der Waals surface area contributed by atoms with E-state index < -0.39 is 0 Å². The van der Waals surface area contributed by atoms with Gasteiger partial charge in [0.15, 0.2) is 5.96 Å². The molecule has 2 saturated heterocycles. The summed E-state index contributed by atoms with van der Waals surface area (Å²) < 4.78 is 0. The van der Waals surface area contributed by atoms with E-state index in [1.165, 1.54) is 57.7 Å². The first-order valence-electron chi connectivity index (χ1n) is 11.5. The Kier molecular flexibility index (Phi) is 9.25. The van der Waals surface area contributed by atoms with Crippen LogP contribution in [-0.4, -0.2) is 92.1 Å². The van der Waals surface area contributed by atoms with Gasteiger partial charge in [0.1, 0.15) is 0 Å². The predicted molar refractivity (Wildman–Crippen MR) is 122 cm³/mol. The molecule has 0 saturated carbocycles. The number of nitrogens with one attached hydrogen (secondary N) is 2. The zero-order chi connectivity index (χ0) is 20.3. The van der Waals surface area contributed by atoms with E-state index in [-0.39, 0.29) is 0 Å². The molecule has 6 nitrogen and oxygen atoms in total. The highest BCUT2D eigenvalue weighted by Gasteiger charge is 2.24. The van der Waals surface area contributed by atoms with Crippen molar-refractivity contribution in [2.45, 2.75) is 39.3 Å². The lowest BCUT2D eigenvalue weighted by Crippen LogP contribution is -2.49. The smallest absolute Gasteiger partial charge is 0.191 e. The SMILES string of the molecule is CCNC(=NCC1CCCN1Cc1ccccc1)NCCN1CCN(CC)CC1. The number of piperazine rings is 1. The molecule has 2 aliphatic heterocycles. The summed E-state index contributed by atoms with van der Waals surface area (Å²) in [5.74, 6) is 0.964. The predicted octanol–water partition coefficient (Wildman–Crippen LogP) is 1.84. The third kappa shape index (κ3) is 7.28. The third-order valence-corrected chi connectivity index (χ3v) is 6.16. The van der Waals surface area contributed by atoms with Crippen molar-refractivity contribution < 1.29 is 0 Å². The van der Waals surface area contributed by atoms with Gasteiger partial charge in [0.25, 0.3) is 0 Å². The minimum Gasteiger partial charge on any atom is -0.357 e. The molecule has 0 radical (unpaired) electrons. The van der Waals surface area contributed by atoms with E-state index in [0.717, 1.165) is 38.7 Å². The molecule has 0 aliphatic carbocycles. The molecule has 2 fully saturated rings. The first-order valence-corrected chi connectivity index (χ1v) is 11.5. The van der Waals surface area contributed by atoms with Crippen molar-refractivity contribution in [3.05, 3.63) is 35.9 Å². The lowest BCUT2D eigenvalue weighted by molar-refractivity contribution is 0.139. The van der Waals surface area contributed by atoms with Gasteiger partial charge < -0.3 is 15.5 Å². The number of benzene rings is 1. The Morgan fingerprint density at radius 3 is 2.48 bits per heavy atom. The molecule has 0 spiro atoms. The molecule has 2 N–H and O–H groups in total. The first-order chi connectivity index (χ1) is 14.3. The molecule has 0 amide bonds. The summed E-state index contributed by atoms with van der Waals surface area (Å²) in [5.41, 5.74) is 1.40. The lowest BCUT2D eigenvalue weighted by atomic mass is 10.2. The van der Waals surface area contributed by atoms with Crippen LogP contribution >= 0.6 is 0 Å². The van der Waals surface area contributed by atoms with E-state index in [1.54, 1.807) is 0 Å². The molecule has 0 aromatic heterocycles. The van der Waals surface area contributed by atoms with Crippen molar-refractivity contribution in [3.63, 3.8) is 0 Å². The van der Waals surface area contributed by atoms with Gasteiger partial charge in [-0.15, -0.1) is 0 Å². The number of aliphatic imine (C=N–C) groups is 1. The summed E-state index contributed by atoms with van der Waals surface area (Å²) in [6.45, 7) is 16.4. The Hall–Kier alpha value is -1.63. The van der Waals surface area contributed by atoms with E-state index in [4.69, 9.17) is 4.99 Å². The second kappa shape index (κ2) is 12.2. The van der Waals surface area contributed by atoms with Crippen molar-refractivity contribution in [1.29, 1.82) is 0 Å². The highest BCUT2D eigenvalue weighted by molar-refractivity contribution is 5.79. The molecular formula is C23H40N6. The van der Waals surface area contributed by atoms with E-state index in [2.05, 4.69) is 69.5 Å². The Balaban J connectivity index is 1.43. The summed E-state index contributed by atoms with van der Waals surface area (Å²) in [6, 6.07) is 11.4. The van der Waals surface area contributed by atoms with Gasteiger partial charge in [0.2, 0.25) is 0 Å². The zero-order valence-electron chi connectivity index (χ0n) is 18.4. The summed E-state index contributed by atoms with van der Waals surface area (Å²) in [4.78, 5) is 12.6. The molecule has 1 unspecified atom stereocenters. The minimum atomic E-state index is 0.549. The number of hydrogen-bond acceptors (Lipinski definition) is 4. The van der Waals surface area contributed by atoms with Gasteiger partial charge in [-0.05, 0) is 38.4 Å². The number of hydrogen-bond donors (Lipinski definition) is 2. The van der Waals surface area contributed by atoms with Crippen molar-refractivity contribution in [2.24, 2.45) is 4.99 Å². The molecule has 3 rings (SSSR count). The fourth-order valence-electron chi connectivity index (χ4n) is 4.33. The van der Waals surface area contributed by atoms with Crippen LogP contribution < -0.4 is 10.6 Å². The minimum absolute atomic E-state index is 0.549. The molecule has 6 heteroatoms. The van der Waals surface area contributed by atoms with Gasteiger partial charge in [0.05, 0.1) is 6.54 Å². The second-order valence-electron chi connectivity index (χ2n) is 8.17. The maximum absolute atomic E-state index is 4.92. The Morgan fingerprint density at radius 2 is 1.76 bits per heavy atom. The average Bonchev–Trinajstić information content (AvgIpc) is 3.20. The van der Waals surface area contributed by atoms with Gasteiger partial charge in [-0.2, -0.15) is 0 Å². The van der Waals surface area contributed by atoms with Gasteiger partial charge in [0, 0.05) is 58.4 Å². The normalized spacial score (nSPS) is 22.1. The molecule has 1 atom stereocenters. The largest absolute Gasteiger partial charge is 0.357 e. The summed E-state index contributed by atoms with van der Waals surface area (Å²) >= 11 is 0. The van der Waals surface area contributed by atoms with Crippen LogP contribution in [0.3, 0.4) is 0 Å². The van der Waals surface area contributed by atoms with Gasteiger partial charge in [-0.1, -0.05) is 37.3 Å². The van der Waals surface area contributed by atoms with Crippen molar-refractivity contribution in [1.82, 2.24) is 25.3 Å². The molecule has 162 valence electrons. The van der Waals surface area contributed by atoms with Crippen LogP contribution in [0.2, 0.25) is 0 Å². The van der Waals surface area contributed by atoms with Gasteiger partial charge >= 0.3 is 0 Å². The van der Waals surface area contributed by atoms with Crippen LogP contribution in [0, 0.1) is 0 Å². The van der Waals surface area contributed by atoms with Crippen LogP contribution in [0.15, 0.2) is 35.3 Å².